The number of rotatable bonds is 4. The van der Waals surface area contributed by atoms with Crippen LogP contribution >= 0.6 is 0 Å². The van der Waals surface area contributed by atoms with Crippen LogP contribution in [-0.4, -0.2) is 31.9 Å². The topological polar surface area (TPSA) is 46.6 Å². The van der Waals surface area contributed by atoms with E-state index in [0.717, 1.165) is 5.75 Å². The van der Waals surface area contributed by atoms with Crippen molar-refractivity contribution in [2.24, 2.45) is 0 Å². The Balaban J connectivity index is 1.64. The third-order valence-electron chi connectivity index (χ3n) is 4.49. The molecule has 1 aliphatic rings. The molecule has 0 saturated carbocycles. The minimum atomic E-state index is -3.59. The smallest absolute Gasteiger partial charge is 0.243 e. The van der Waals surface area contributed by atoms with Crippen LogP contribution in [0.25, 0.3) is 0 Å². The van der Waals surface area contributed by atoms with Crippen LogP contribution in [0.15, 0.2) is 47.4 Å². The number of piperidine rings is 1. The van der Waals surface area contributed by atoms with E-state index >= 15 is 0 Å². The Hall–Kier alpha value is -1.92. The highest BCUT2D eigenvalue weighted by Gasteiger charge is 2.30. The van der Waals surface area contributed by atoms with Crippen molar-refractivity contribution < 1.29 is 17.5 Å². The molecule has 1 heterocycles. The maximum atomic E-state index is 13.4. The van der Waals surface area contributed by atoms with Crippen molar-refractivity contribution in [3.8, 4) is 5.75 Å². The normalized spacial score (nSPS) is 16.8. The summed E-state index contributed by atoms with van der Waals surface area (Å²) < 4.78 is 46.2. The fourth-order valence-electron chi connectivity index (χ4n) is 2.93. The van der Waals surface area contributed by atoms with Crippen molar-refractivity contribution in [3.63, 3.8) is 0 Å². The van der Waals surface area contributed by atoms with Gasteiger partial charge in [0.1, 0.15) is 17.7 Å². The van der Waals surface area contributed by atoms with Crippen LogP contribution < -0.4 is 4.74 Å². The third-order valence-corrected chi connectivity index (χ3v) is 6.39. The van der Waals surface area contributed by atoms with E-state index in [1.54, 1.807) is 6.92 Å². The Morgan fingerprint density at radius 3 is 2.28 bits per heavy atom. The zero-order valence-corrected chi connectivity index (χ0v) is 15.2. The van der Waals surface area contributed by atoms with Gasteiger partial charge in [-0.3, -0.25) is 0 Å². The van der Waals surface area contributed by atoms with Crippen LogP contribution in [0.3, 0.4) is 0 Å². The highest BCUT2D eigenvalue weighted by Crippen LogP contribution is 2.25. The third kappa shape index (κ3) is 4.02. The Morgan fingerprint density at radius 1 is 1.04 bits per heavy atom. The summed E-state index contributed by atoms with van der Waals surface area (Å²) in [6.45, 7) is 4.38. The second kappa shape index (κ2) is 7.14. The lowest BCUT2D eigenvalue weighted by Gasteiger charge is -2.31. The number of ether oxygens (including phenoxy) is 1. The summed E-state index contributed by atoms with van der Waals surface area (Å²) >= 11 is 0. The van der Waals surface area contributed by atoms with Crippen molar-refractivity contribution in [1.29, 1.82) is 0 Å². The molecule has 2 aromatic carbocycles. The molecule has 0 N–H and O–H groups in total. The molecule has 0 aromatic heterocycles. The maximum Gasteiger partial charge on any atom is 0.243 e. The average molecular weight is 363 g/mol. The van der Waals surface area contributed by atoms with E-state index in [1.807, 2.05) is 31.2 Å². The monoisotopic (exact) mass is 363 g/mol. The van der Waals surface area contributed by atoms with E-state index < -0.39 is 15.8 Å². The van der Waals surface area contributed by atoms with Crippen molar-refractivity contribution in [2.45, 2.75) is 37.7 Å². The molecule has 1 fully saturated rings. The molecule has 0 atom stereocenters. The molecule has 0 radical (unpaired) electrons. The van der Waals surface area contributed by atoms with Crippen LogP contribution in [0.5, 0.6) is 5.75 Å². The first-order chi connectivity index (χ1) is 11.9. The van der Waals surface area contributed by atoms with E-state index in [-0.39, 0.29) is 11.0 Å². The van der Waals surface area contributed by atoms with Crippen LogP contribution in [0.2, 0.25) is 0 Å². The average Bonchev–Trinajstić information content (AvgIpc) is 2.60. The number of benzene rings is 2. The van der Waals surface area contributed by atoms with Crippen LogP contribution in [0.4, 0.5) is 4.39 Å². The van der Waals surface area contributed by atoms with Crippen molar-refractivity contribution in [1.82, 2.24) is 4.31 Å². The van der Waals surface area contributed by atoms with Gasteiger partial charge in [0.2, 0.25) is 10.0 Å². The molecular weight excluding hydrogens is 341 g/mol. The molecule has 0 spiro atoms. The standard InChI is InChI=1S/C19H22FNO3S/c1-14-3-5-16(6-4-14)24-17-9-11-21(12-10-17)25(22,23)18-7-8-19(20)15(2)13-18/h3-8,13,17H,9-12H2,1-2H3. The molecule has 1 aliphatic heterocycles. The molecule has 0 unspecified atom stereocenters. The minimum absolute atomic E-state index is 0.00381. The van der Waals surface area contributed by atoms with Crippen molar-refractivity contribution >= 4 is 10.0 Å². The summed E-state index contributed by atoms with van der Waals surface area (Å²) in [5, 5.41) is 0. The fourth-order valence-corrected chi connectivity index (χ4v) is 4.48. The van der Waals surface area contributed by atoms with Crippen LogP contribution in [0.1, 0.15) is 24.0 Å². The van der Waals surface area contributed by atoms with E-state index in [2.05, 4.69) is 0 Å². The number of aryl methyl sites for hydroxylation is 2. The lowest BCUT2D eigenvalue weighted by Crippen LogP contribution is -2.41. The zero-order valence-electron chi connectivity index (χ0n) is 14.4. The SMILES string of the molecule is Cc1ccc(OC2CCN(S(=O)(=O)c3ccc(F)c(C)c3)CC2)cc1. The number of hydrogen-bond donors (Lipinski definition) is 0. The van der Waals surface area contributed by atoms with E-state index in [4.69, 9.17) is 4.74 Å². The van der Waals surface area contributed by atoms with Gasteiger partial charge in [-0.2, -0.15) is 4.31 Å². The summed E-state index contributed by atoms with van der Waals surface area (Å²) in [7, 11) is -3.59. The first-order valence-corrected chi connectivity index (χ1v) is 9.80. The van der Waals surface area contributed by atoms with Gasteiger partial charge in [0.15, 0.2) is 0 Å². The maximum absolute atomic E-state index is 13.4. The van der Waals surface area contributed by atoms with Gasteiger partial charge < -0.3 is 4.74 Å². The van der Waals surface area contributed by atoms with Crippen LogP contribution in [-0.2, 0) is 10.0 Å². The van der Waals surface area contributed by atoms with Gasteiger partial charge in [-0.15, -0.1) is 0 Å². The second-order valence-corrected chi connectivity index (χ2v) is 8.38. The Kier molecular flexibility index (Phi) is 5.11. The lowest BCUT2D eigenvalue weighted by molar-refractivity contribution is 0.135. The Morgan fingerprint density at radius 2 is 1.68 bits per heavy atom. The van der Waals surface area contributed by atoms with Crippen molar-refractivity contribution in [3.05, 3.63) is 59.4 Å². The summed E-state index contributed by atoms with van der Waals surface area (Å²) in [6.07, 6.45) is 1.27. The first-order valence-electron chi connectivity index (χ1n) is 8.36. The molecule has 0 bridgehead atoms. The van der Waals surface area contributed by atoms with Gasteiger partial charge in [0.25, 0.3) is 0 Å². The van der Waals surface area contributed by atoms with Gasteiger partial charge in [0.05, 0.1) is 4.90 Å². The summed E-state index contributed by atoms with van der Waals surface area (Å²) in [4.78, 5) is 0.143. The molecule has 2 aromatic rings. The molecule has 134 valence electrons. The van der Waals surface area contributed by atoms with Gasteiger partial charge in [0, 0.05) is 13.1 Å². The van der Waals surface area contributed by atoms with Gasteiger partial charge in [-0.25, -0.2) is 12.8 Å². The van der Waals surface area contributed by atoms with Gasteiger partial charge in [-0.1, -0.05) is 17.7 Å². The molecule has 3 rings (SSSR count). The van der Waals surface area contributed by atoms with E-state index in [9.17, 15) is 12.8 Å². The summed E-state index contributed by atoms with van der Waals surface area (Å²) in [5.41, 5.74) is 1.50. The number of sulfonamides is 1. The quantitative estimate of drug-likeness (QED) is 0.833. The predicted octanol–water partition coefficient (Wildman–Crippen LogP) is 3.67. The molecular formula is C19H22FNO3S. The number of nitrogens with zero attached hydrogens (tertiary/aromatic N) is 1. The first kappa shape index (κ1) is 17.9. The van der Waals surface area contributed by atoms with E-state index in [1.165, 1.54) is 28.1 Å². The highest BCUT2D eigenvalue weighted by molar-refractivity contribution is 7.89. The largest absolute Gasteiger partial charge is 0.490 e. The Bertz CT molecular complexity index is 841. The predicted molar refractivity (Wildman–Crippen MR) is 94.7 cm³/mol. The number of hydrogen-bond acceptors (Lipinski definition) is 3. The second-order valence-electron chi connectivity index (χ2n) is 6.45. The lowest BCUT2D eigenvalue weighted by atomic mass is 10.1. The molecule has 25 heavy (non-hydrogen) atoms. The zero-order chi connectivity index (χ0) is 18.0. The molecule has 0 amide bonds. The molecule has 6 heteroatoms. The fraction of sp³-hybridized carbons (Fsp3) is 0.368. The van der Waals surface area contributed by atoms with E-state index in [0.29, 0.717) is 31.5 Å². The number of halogens is 1. The molecule has 0 aliphatic carbocycles. The molecule has 4 nitrogen and oxygen atoms in total. The Labute approximate surface area is 148 Å². The van der Waals surface area contributed by atoms with Crippen LogP contribution in [0, 0.1) is 19.7 Å². The summed E-state index contributed by atoms with van der Waals surface area (Å²) in [5.74, 6) is 0.408. The highest BCUT2D eigenvalue weighted by atomic mass is 32.2. The van der Waals surface area contributed by atoms with Gasteiger partial charge >= 0.3 is 0 Å². The molecule has 1 saturated heterocycles. The van der Waals surface area contributed by atoms with Gasteiger partial charge in [-0.05, 0) is 62.6 Å². The van der Waals surface area contributed by atoms with Crippen molar-refractivity contribution in [2.75, 3.05) is 13.1 Å². The minimum Gasteiger partial charge on any atom is -0.490 e. The summed E-state index contributed by atoms with van der Waals surface area (Å²) in [6, 6.07) is 11.8.